The highest BCUT2D eigenvalue weighted by Gasteiger charge is 2.00. The average molecular weight is 297 g/mol. The van der Waals surface area contributed by atoms with E-state index in [9.17, 15) is 8.78 Å². The summed E-state index contributed by atoms with van der Waals surface area (Å²) in [5.41, 5.74) is 0.787. The first-order valence-electron chi connectivity index (χ1n) is 4.77. The average Bonchev–Trinajstić information content (AvgIpc) is 2.30. The fraction of sp³-hybridized carbons (Fsp3) is 0. The Kier molecular flexibility index (Phi) is 3.58. The summed E-state index contributed by atoms with van der Waals surface area (Å²) in [6.45, 7) is 0. The van der Waals surface area contributed by atoms with Gasteiger partial charge in [0.05, 0.1) is 5.69 Å². The van der Waals surface area contributed by atoms with Crippen LogP contribution in [0.2, 0.25) is 0 Å². The highest BCUT2D eigenvalue weighted by atomic mass is 79.9. The number of rotatable bonds is 2. The molecule has 0 radical (unpaired) electrons. The van der Waals surface area contributed by atoms with Gasteiger partial charge < -0.3 is 0 Å². The molecule has 0 saturated carbocycles. The van der Waals surface area contributed by atoms with Gasteiger partial charge in [-0.3, -0.25) is 0 Å². The van der Waals surface area contributed by atoms with E-state index in [0.717, 1.165) is 18.2 Å². The largest absolute Gasteiger partial charge is 0.231 e. The third-order valence-corrected chi connectivity index (χ3v) is 2.42. The van der Waals surface area contributed by atoms with Crippen LogP contribution in [0.4, 0.5) is 8.78 Å². The van der Waals surface area contributed by atoms with E-state index in [2.05, 4.69) is 25.9 Å². The van der Waals surface area contributed by atoms with E-state index in [1.54, 1.807) is 18.3 Å². The van der Waals surface area contributed by atoms with Crippen LogP contribution in [0, 0.1) is 11.6 Å². The van der Waals surface area contributed by atoms with Gasteiger partial charge in [0, 0.05) is 11.8 Å². The molecule has 0 aliphatic rings. The third-order valence-electron chi connectivity index (χ3n) is 2.04. The third kappa shape index (κ3) is 3.17. The second-order valence-electron chi connectivity index (χ2n) is 3.25. The summed E-state index contributed by atoms with van der Waals surface area (Å²) < 4.78 is 26.6. The first-order chi connectivity index (χ1) is 8.15. The zero-order valence-electron chi connectivity index (χ0n) is 8.57. The minimum absolute atomic E-state index is 0.180. The Morgan fingerprint density at radius 1 is 1.12 bits per heavy atom. The molecule has 2 nitrogen and oxygen atoms in total. The second kappa shape index (κ2) is 5.14. The van der Waals surface area contributed by atoms with Crippen molar-refractivity contribution < 1.29 is 8.78 Å². The van der Waals surface area contributed by atoms with E-state index >= 15 is 0 Å². The first-order valence-corrected chi connectivity index (χ1v) is 5.56. The first kappa shape index (κ1) is 11.9. The standard InChI is InChI=1S/C12H7BrF2N2/c13-12-16-6-5-10(17-12)3-1-8-7-9(14)2-4-11(8)15/h1-7H. The van der Waals surface area contributed by atoms with E-state index in [1.165, 1.54) is 6.08 Å². The number of nitrogens with zero attached hydrogens (tertiary/aromatic N) is 2. The van der Waals surface area contributed by atoms with Crippen molar-refractivity contribution in [2.45, 2.75) is 0 Å². The molecule has 86 valence electrons. The normalized spacial score (nSPS) is 11.0. The van der Waals surface area contributed by atoms with Crippen LogP contribution in [-0.2, 0) is 0 Å². The molecule has 0 fully saturated rings. The van der Waals surface area contributed by atoms with Crippen molar-refractivity contribution in [1.29, 1.82) is 0 Å². The molecule has 0 saturated heterocycles. The molecule has 0 aliphatic heterocycles. The van der Waals surface area contributed by atoms with Crippen LogP contribution in [0.5, 0.6) is 0 Å². The molecule has 17 heavy (non-hydrogen) atoms. The summed E-state index contributed by atoms with van der Waals surface area (Å²) in [6.07, 6.45) is 4.62. The van der Waals surface area contributed by atoms with Crippen molar-refractivity contribution in [2.75, 3.05) is 0 Å². The summed E-state index contributed by atoms with van der Waals surface area (Å²) in [7, 11) is 0. The number of hydrogen-bond donors (Lipinski definition) is 0. The lowest BCUT2D eigenvalue weighted by Crippen LogP contribution is -1.86. The molecule has 0 amide bonds. The van der Waals surface area contributed by atoms with Gasteiger partial charge in [0.1, 0.15) is 11.6 Å². The number of hydrogen-bond acceptors (Lipinski definition) is 2. The summed E-state index contributed by atoms with van der Waals surface area (Å²) in [4.78, 5) is 7.91. The van der Waals surface area contributed by atoms with Crippen molar-refractivity contribution in [2.24, 2.45) is 0 Å². The lowest BCUT2D eigenvalue weighted by atomic mass is 10.2. The van der Waals surface area contributed by atoms with Crippen molar-refractivity contribution in [3.8, 4) is 0 Å². The molecular formula is C12H7BrF2N2. The van der Waals surface area contributed by atoms with Gasteiger partial charge in [-0.15, -0.1) is 0 Å². The molecule has 0 spiro atoms. The maximum atomic E-state index is 13.3. The van der Waals surface area contributed by atoms with Gasteiger partial charge >= 0.3 is 0 Å². The number of benzene rings is 1. The van der Waals surface area contributed by atoms with Crippen LogP contribution in [-0.4, -0.2) is 9.97 Å². The summed E-state index contributed by atoms with van der Waals surface area (Å²) >= 11 is 3.12. The van der Waals surface area contributed by atoms with Crippen LogP contribution < -0.4 is 0 Å². The summed E-state index contributed by atoms with van der Waals surface area (Å²) in [5.74, 6) is -0.953. The van der Waals surface area contributed by atoms with E-state index < -0.39 is 11.6 Å². The van der Waals surface area contributed by atoms with Crippen LogP contribution in [0.3, 0.4) is 0 Å². The molecule has 1 aromatic carbocycles. The monoisotopic (exact) mass is 296 g/mol. The molecule has 1 heterocycles. The maximum Gasteiger partial charge on any atom is 0.197 e. The molecule has 0 bridgehead atoms. The Balaban J connectivity index is 2.29. The van der Waals surface area contributed by atoms with Gasteiger partial charge in [-0.05, 0) is 52.3 Å². The summed E-state index contributed by atoms with van der Waals surface area (Å²) in [5, 5.41) is 0. The highest BCUT2D eigenvalue weighted by molar-refractivity contribution is 9.10. The topological polar surface area (TPSA) is 25.8 Å². The Labute approximate surface area is 105 Å². The Morgan fingerprint density at radius 3 is 2.71 bits per heavy atom. The molecule has 1 aromatic heterocycles. The Morgan fingerprint density at radius 2 is 1.94 bits per heavy atom. The number of halogens is 3. The predicted molar refractivity (Wildman–Crippen MR) is 65.0 cm³/mol. The van der Waals surface area contributed by atoms with Gasteiger partial charge in [0.25, 0.3) is 0 Å². The fourth-order valence-electron chi connectivity index (χ4n) is 1.26. The molecule has 2 rings (SSSR count). The fourth-order valence-corrected chi connectivity index (χ4v) is 1.58. The zero-order chi connectivity index (χ0) is 12.3. The number of aromatic nitrogens is 2. The molecule has 0 N–H and O–H groups in total. The lowest BCUT2D eigenvalue weighted by Gasteiger charge is -1.97. The van der Waals surface area contributed by atoms with Crippen LogP contribution in [0.1, 0.15) is 11.3 Å². The van der Waals surface area contributed by atoms with Gasteiger partial charge in [-0.25, -0.2) is 18.7 Å². The zero-order valence-corrected chi connectivity index (χ0v) is 10.2. The quantitative estimate of drug-likeness (QED) is 0.790. The Hall–Kier alpha value is -1.62. The van der Waals surface area contributed by atoms with Gasteiger partial charge in [0.15, 0.2) is 4.73 Å². The smallest absolute Gasteiger partial charge is 0.197 e. The molecule has 0 unspecified atom stereocenters. The molecule has 2 aromatic rings. The minimum Gasteiger partial charge on any atom is -0.231 e. The van der Waals surface area contributed by atoms with Gasteiger partial charge in [-0.1, -0.05) is 0 Å². The Bertz CT molecular complexity index is 570. The lowest BCUT2D eigenvalue weighted by molar-refractivity contribution is 0.598. The van der Waals surface area contributed by atoms with E-state index in [-0.39, 0.29) is 5.56 Å². The predicted octanol–water partition coefficient (Wildman–Crippen LogP) is 3.69. The van der Waals surface area contributed by atoms with E-state index in [0.29, 0.717) is 10.4 Å². The van der Waals surface area contributed by atoms with Crippen molar-refractivity contribution in [3.63, 3.8) is 0 Å². The van der Waals surface area contributed by atoms with Crippen LogP contribution in [0.15, 0.2) is 35.2 Å². The molecule has 5 heteroatoms. The van der Waals surface area contributed by atoms with Crippen molar-refractivity contribution in [1.82, 2.24) is 9.97 Å². The van der Waals surface area contributed by atoms with Crippen molar-refractivity contribution >= 4 is 28.1 Å². The van der Waals surface area contributed by atoms with E-state index in [4.69, 9.17) is 0 Å². The van der Waals surface area contributed by atoms with Crippen LogP contribution >= 0.6 is 15.9 Å². The minimum atomic E-state index is -0.477. The van der Waals surface area contributed by atoms with Crippen LogP contribution in [0.25, 0.3) is 12.2 Å². The molecule has 0 atom stereocenters. The molecular weight excluding hydrogens is 290 g/mol. The molecule has 0 aliphatic carbocycles. The van der Waals surface area contributed by atoms with E-state index in [1.807, 2.05) is 0 Å². The van der Waals surface area contributed by atoms with Gasteiger partial charge in [0.2, 0.25) is 0 Å². The highest BCUT2D eigenvalue weighted by Crippen LogP contribution is 2.13. The maximum absolute atomic E-state index is 13.3. The SMILES string of the molecule is Fc1ccc(F)c(C=Cc2ccnc(Br)n2)c1. The summed E-state index contributed by atoms with van der Waals surface area (Å²) in [6, 6.07) is 4.96. The second-order valence-corrected chi connectivity index (χ2v) is 3.96. The van der Waals surface area contributed by atoms with Gasteiger partial charge in [-0.2, -0.15) is 0 Å². The van der Waals surface area contributed by atoms with Crippen molar-refractivity contribution in [3.05, 3.63) is 58.1 Å².